The van der Waals surface area contributed by atoms with Crippen LogP contribution >= 0.6 is 28.3 Å². The van der Waals surface area contributed by atoms with E-state index in [4.69, 9.17) is 14.8 Å². The summed E-state index contributed by atoms with van der Waals surface area (Å²) >= 11 is 1.51. The Morgan fingerprint density at radius 3 is 2.38 bits per heavy atom. The zero-order valence-electron chi connectivity index (χ0n) is 17.3. The first-order valence-corrected chi connectivity index (χ1v) is 10.9. The molecule has 4 aromatic rings. The number of ether oxygens (including phenoxy) is 1. The van der Waals surface area contributed by atoms with Crippen LogP contribution in [-0.2, 0) is 0 Å². The number of anilines is 1. The molecule has 0 amide bonds. The molecule has 0 bridgehead atoms. The van der Waals surface area contributed by atoms with Crippen LogP contribution < -0.4 is 9.75 Å². The van der Waals surface area contributed by atoms with Gasteiger partial charge in [0.25, 0.3) is 0 Å². The highest BCUT2D eigenvalue weighted by Gasteiger charge is 2.31. The molecule has 162 valence electrons. The summed E-state index contributed by atoms with van der Waals surface area (Å²) in [5, 5.41) is 9.66. The monoisotopic (exact) mass is 509 g/mol. The molecule has 0 saturated heterocycles. The van der Waals surface area contributed by atoms with Crippen molar-refractivity contribution in [1.29, 1.82) is 0 Å². The highest BCUT2D eigenvalue weighted by atomic mass is 79.9. The summed E-state index contributed by atoms with van der Waals surface area (Å²) in [6.07, 6.45) is 0.792. The molecule has 1 aliphatic rings. The quantitative estimate of drug-likeness (QED) is 0.294. The minimum absolute atomic E-state index is 0. The molecule has 5 rings (SSSR count). The average molecular weight is 510 g/mol. The van der Waals surface area contributed by atoms with E-state index in [1.54, 1.807) is 6.07 Å². The van der Waals surface area contributed by atoms with Gasteiger partial charge in [-0.1, -0.05) is 60.7 Å². The van der Waals surface area contributed by atoms with Gasteiger partial charge in [0.05, 0.1) is 24.6 Å². The van der Waals surface area contributed by atoms with Crippen LogP contribution in [0.15, 0.2) is 89.3 Å². The summed E-state index contributed by atoms with van der Waals surface area (Å²) in [5.41, 5.74) is 4.76. The molecule has 0 fully saturated rings. The van der Waals surface area contributed by atoms with Crippen LogP contribution in [0.3, 0.4) is 0 Å². The van der Waals surface area contributed by atoms with Gasteiger partial charge in [-0.05, 0) is 29.3 Å². The third-order valence-electron chi connectivity index (χ3n) is 5.34. The van der Waals surface area contributed by atoms with Crippen LogP contribution in [0.4, 0.5) is 9.52 Å². The van der Waals surface area contributed by atoms with Gasteiger partial charge < -0.3 is 4.74 Å². The number of hydrogen-bond acceptors (Lipinski definition) is 5. The maximum Gasteiger partial charge on any atom is 0.207 e. The predicted molar refractivity (Wildman–Crippen MR) is 134 cm³/mol. The lowest BCUT2D eigenvalue weighted by Crippen LogP contribution is -2.18. The van der Waals surface area contributed by atoms with E-state index in [-0.39, 0.29) is 28.8 Å². The summed E-state index contributed by atoms with van der Waals surface area (Å²) in [6, 6.07) is 25.5. The van der Waals surface area contributed by atoms with Gasteiger partial charge in [-0.3, -0.25) is 0 Å². The molecule has 1 atom stereocenters. The predicted octanol–water partition coefficient (Wildman–Crippen LogP) is 6.89. The fraction of sp³-hybridized carbons (Fsp3) is 0.120. The van der Waals surface area contributed by atoms with Gasteiger partial charge in [-0.25, -0.2) is 14.4 Å². The topological polar surface area (TPSA) is 37.7 Å². The number of nitrogens with zero attached hydrogens (tertiary/aromatic N) is 3. The smallest absolute Gasteiger partial charge is 0.207 e. The van der Waals surface area contributed by atoms with Crippen molar-refractivity contribution in [2.24, 2.45) is 5.10 Å². The Labute approximate surface area is 200 Å². The lowest BCUT2D eigenvalue weighted by molar-refractivity contribution is 0.386. The number of thiazole rings is 1. The van der Waals surface area contributed by atoms with Crippen LogP contribution in [0.25, 0.3) is 11.3 Å². The van der Waals surface area contributed by atoms with Crippen LogP contribution in [-0.4, -0.2) is 17.8 Å². The number of halogens is 2. The molecule has 3 aromatic carbocycles. The number of methoxy groups -OCH3 is 1. The third-order valence-corrected chi connectivity index (χ3v) is 6.17. The van der Waals surface area contributed by atoms with E-state index < -0.39 is 5.82 Å². The average Bonchev–Trinajstić information content (AvgIpc) is 3.48. The number of hydrazone groups is 1. The molecule has 1 aliphatic heterocycles. The second kappa shape index (κ2) is 9.63. The minimum atomic E-state index is -0.401. The summed E-state index contributed by atoms with van der Waals surface area (Å²) in [7, 11) is 1.46. The summed E-state index contributed by atoms with van der Waals surface area (Å²) in [6.45, 7) is 0. The highest BCUT2D eigenvalue weighted by molar-refractivity contribution is 8.93. The molecule has 32 heavy (non-hydrogen) atoms. The molecule has 1 unspecified atom stereocenters. The number of benzene rings is 3. The van der Waals surface area contributed by atoms with Gasteiger partial charge >= 0.3 is 0 Å². The van der Waals surface area contributed by atoms with Gasteiger partial charge in [-0.15, -0.1) is 28.3 Å². The number of hydrogen-bond donors (Lipinski definition) is 0. The summed E-state index contributed by atoms with van der Waals surface area (Å²) < 4.78 is 19.2. The second-order valence-electron chi connectivity index (χ2n) is 7.25. The van der Waals surface area contributed by atoms with E-state index in [0.29, 0.717) is 5.56 Å². The zero-order valence-corrected chi connectivity index (χ0v) is 19.8. The van der Waals surface area contributed by atoms with E-state index in [9.17, 15) is 4.39 Å². The fourth-order valence-corrected chi connectivity index (χ4v) is 4.59. The van der Waals surface area contributed by atoms with Crippen LogP contribution in [0.5, 0.6) is 5.75 Å². The third kappa shape index (κ3) is 4.31. The SMILES string of the molecule is Br.COc1ccc(-c2csc(N3N=C(c4ccccc4)CC3c3ccccc3)n2)cc1F. The second-order valence-corrected chi connectivity index (χ2v) is 8.09. The Balaban J connectivity index is 0.00000245. The number of rotatable bonds is 5. The van der Waals surface area contributed by atoms with Crippen LogP contribution in [0.2, 0.25) is 0 Å². The molecule has 0 saturated carbocycles. The molecule has 1 aromatic heterocycles. The van der Waals surface area contributed by atoms with Gasteiger partial charge in [-0.2, -0.15) is 5.10 Å². The molecule has 7 heteroatoms. The maximum atomic E-state index is 14.2. The van der Waals surface area contributed by atoms with Crippen molar-refractivity contribution in [3.63, 3.8) is 0 Å². The molecular weight excluding hydrogens is 489 g/mol. The maximum absolute atomic E-state index is 14.2. The van der Waals surface area contributed by atoms with Crippen molar-refractivity contribution < 1.29 is 9.13 Å². The van der Waals surface area contributed by atoms with Gasteiger partial charge in [0, 0.05) is 17.4 Å². The normalized spacial score (nSPS) is 15.2. The highest BCUT2D eigenvalue weighted by Crippen LogP contribution is 2.39. The zero-order chi connectivity index (χ0) is 21.2. The lowest BCUT2D eigenvalue weighted by atomic mass is 9.99. The van der Waals surface area contributed by atoms with Crippen molar-refractivity contribution >= 4 is 39.2 Å². The number of aromatic nitrogens is 1. The first kappa shape index (κ1) is 22.2. The fourth-order valence-electron chi connectivity index (χ4n) is 3.75. The van der Waals surface area contributed by atoms with Crippen molar-refractivity contribution in [1.82, 2.24) is 4.98 Å². The molecule has 0 spiro atoms. The largest absolute Gasteiger partial charge is 0.494 e. The molecule has 0 radical (unpaired) electrons. The van der Waals surface area contributed by atoms with E-state index in [0.717, 1.165) is 28.5 Å². The minimum Gasteiger partial charge on any atom is -0.494 e. The first-order valence-electron chi connectivity index (χ1n) is 9.99. The molecule has 0 aliphatic carbocycles. The Bertz CT molecular complexity index is 1230. The molecule has 0 N–H and O–H groups in total. The van der Waals surface area contributed by atoms with Gasteiger partial charge in [0.2, 0.25) is 5.13 Å². The summed E-state index contributed by atoms with van der Waals surface area (Å²) in [4.78, 5) is 4.79. The standard InChI is InChI=1S/C25H20FN3OS.BrH/c1-30-24-13-12-19(14-20(24)26)22-16-31-25(27-22)29-23(18-10-6-3-7-11-18)15-21(28-29)17-8-4-2-5-9-17;/h2-14,16,23H,15H2,1H3;1H. The van der Waals surface area contributed by atoms with E-state index in [1.165, 1.54) is 30.1 Å². The van der Waals surface area contributed by atoms with E-state index in [2.05, 4.69) is 24.3 Å². The lowest BCUT2D eigenvalue weighted by Gasteiger charge is -2.21. The van der Waals surface area contributed by atoms with Crippen molar-refractivity contribution in [2.45, 2.75) is 12.5 Å². The van der Waals surface area contributed by atoms with Crippen molar-refractivity contribution in [2.75, 3.05) is 12.1 Å². The molecular formula is C25H21BrFN3OS. The van der Waals surface area contributed by atoms with Crippen LogP contribution in [0.1, 0.15) is 23.6 Å². The molecule has 4 nitrogen and oxygen atoms in total. The van der Waals surface area contributed by atoms with Crippen LogP contribution in [0, 0.1) is 5.82 Å². The van der Waals surface area contributed by atoms with Crippen molar-refractivity contribution in [3.05, 3.63) is 101 Å². The van der Waals surface area contributed by atoms with Gasteiger partial charge in [0.15, 0.2) is 11.6 Å². The first-order chi connectivity index (χ1) is 15.2. The Hall–Kier alpha value is -3.03. The summed E-state index contributed by atoms with van der Waals surface area (Å²) in [5.74, 6) is -0.178. The van der Waals surface area contributed by atoms with E-state index in [1.807, 2.05) is 52.9 Å². The Kier molecular flexibility index (Phi) is 6.67. The Morgan fingerprint density at radius 1 is 0.969 bits per heavy atom. The van der Waals surface area contributed by atoms with E-state index >= 15 is 0 Å². The Morgan fingerprint density at radius 2 is 1.69 bits per heavy atom. The van der Waals surface area contributed by atoms with Crippen molar-refractivity contribution in [3.8, 4) is 17.0 Å². The van der Waals surface area contributed by atoms with Gasteiger partial charge in [0.1, 0.15) is 0 Å². The molecule has 2 heterocycles.